The van der Waals surface area contributed by atoms with Crippen molar-refractivity contribution in [2.24, 2.45) is 0 Å². The van der Waals surface area contributed by atoms with Gasteiger partial charge < -0.3 is 10.1 Å². The van der Waals surface area contributed by atoms with E-state index in [4.69, 9.17) is 11.6 Å². The van der Waals surface area contributed by atoms with Gasteiger partial charge >= 0.3 is 5.97 Å². The molecule has 1 amide bonds. The van der Waals surface area contributed by atoms with Crippen LogP contribution in [0.4, 0.5) is 0 Å². The highest BCUT2D eigenvalue weighted by Gasteiger charge is 2.18. The van der Waals surface area contributed by atoms with E-state index < -0.39 is 11.3 Å². The Kier molecular flexibility index (Phi) is 5.62. The molecule has 1 atom stereocenters. The molecule has 0 aliphatic heterocycles. The highest BCUT2D eigenvalue weighted by atomic mass is 79.9. The van der Waals surface area contributed by atoms with Crippen LogP contribution >= 0.6 is 27.5 Å². The Morgan fingerprint density at radius 1 is 1.50 bits per heavy atom. The number of hydrogen-bond acceptors (Lipinski definition) is 3. The van der Waals surface area contributed by atoms with E-state index in [1.165, 1.54) is 7.11 Å². The maximum atomic E-state index is 11.9. The number of halogens is 2. The average molecular weight is 335 g/mol. The molecule has 1 N–H and O–H groups in total. The predicted molar refractivity (Wildman–Crippen MR) is 72.9 cm³/mol. The Morgan fingerprint density at radius 3 is 2.78 bits per heavy atom. The van der Waals surface area contributed by atoms with Crippen LogP contribution in [0.3, 0.4) is 0 Å². The first-order valence-corrected chi connectivity index (χ1v) is 6.45. The molecule has 0 spiro atoms. The molecule has 0 saturated heterocycles. The predicted octanol–water partition coefficient (Wildman–Crippen LogP) is 2.27. The molecule has 0 heterocycles. The first-order valence-electron chi connectivity index (χ1n) is 5.22. The van der Waals surface area contributed by atoms with Gasteiger partial charge in [-0.25, -0.2) is 0 Å². The van der Waals surface area contributed by atoms with Crippen LogP contribution in [0.1, 0.15) is 15.9 Å². The van der Waals surface area contributed by atoms with E-state index in [1.54, 1.807) is 12.1 Å². The van der Waals surface area contributed by atoms with Crippen LogP contribution in [-0.2, 0) is 9.53 Å². The van der Waals surface area contributed by atoms with Gasteiger partial charge in [0.25, 0.3) is 5.91 Å². The van der Waals surface area contributed by atoms with E-state index >= 15 is 0 Å². The SMILES string of the molecule is COC(=O)C(Cl)CNC(=O)c1cccc(Br)c1C. The molecule has 0 fully saturated rings. The summed E-state index contributed by atoms with van der Waals surface area (Å²) < 4.78 is 5.32. The Morgan fingerprint density at radius 2 is 2.17 bits per heavy atom. The van der Waals surface area contributed by atoms with Crippen molar-refractivity contribution in [3.8, 4) is 0 Å². The van der Waals surface area contributed by atoms with E-state index in [-0.39, 0.29) is 12.5 Å². The van der Waals surface area contributed by atoms with Crippen molar-refractivity contribution < 1.29 is 14.3 Å². The second-order valence-electron chi connectivity index (χ2n) is 3.61. The fourth-order valence-electron chi connectivity index (χ4n) is 1.34. The molecule has 1 aromatic rings. The van der Waals surface area contributed by atoms with Crippen molar-refractivity contribution >= 4 is 39.4 Å². The highest BCUT2D eigenvalue weighted by molar-refractivity contribution is 9.10. The summed E-state index contributed by atoms with van der Waals surface area (Å²) in [6, 6.07) is 5.33. The first-order chi connectivity index (χ1) is 8.47. The minimum Gasteiger partial charge on any atom is -0.468 e. The Balaban J connectivity index is 2.66. The van der Waals surface area contributed by atoms with Gasteiger partial charge in [0.2, 0.25) is 0 Å². The molecule has 0 aliphatic carbocycles. The standard InChI is InChI=1S/C12H13BrClNO3/c1-7-8(4-3-5-9(7)13)11(16)15-6-10(14)12(17)18-2/h3-5,10H,6H2,1-2H3,(H,15,16). The molecule has 0 bridgehead atoms. The van der Waals surface area contributed by atoms with Crippen LogP contribution < -0.4 is 5.32 Å². The molecular weight excluding hydrogens is 321 g/mol. The maximum absolute atomic E-state index is 11.9. The normalized spacial score (nSPS) is 11.8. The van der Waals surface area contributed by atoms with Gasteiger partial charge in [-0.2, -0.15) is 0 Å². The van der Waals surface area contributed by atoms with E-state index in [1.807, 2.05) is 13.0 Å². The van der Waals surface area contributed by atoms with Gasteiger partial charge in [-0.3, -0.25) is 9.59 Å². The number of alkyl halides is 1. The van der Waals surface area contributed by atoms with Crippen molar-refractivity contribution in [3.63, 3.8) is 0 Å². The average Bonchev–Trinajstić information content (AvgIpc) is 2.37. The Hall–Kier alpha value is -1.07. The lowest BCUT2D eigenvalue weighted by atomic mass is 10.1. The molecule has 6 heteroatoms. The van der Waals surface area contributed by atoms with E-state index in [9.17, 15) is 9.59 Å². The molecule has 0 saturated carbocycles. The molecular formula is C12H13BrClNO3. The van der Waals surface area contributed by atoms with Crippen LogP contribution in [0.5, 0.6) is 0 Å². The van der Waals surface area contributed by atoms with Crippen molar-refractivity contribution in [2.75, 3.05) is 13.7 Å². The minimum atomic E-state index is -0.883. The summed E-state index contributed by atoms with van der Waals surface area (Å²) >= 11 is 9.08. The van der Waals surface area contributed by atoms with E-state index in [0.717, 1.165) is 10.0 Å². The number of methoxy groups -OCH3 is 1. The lowest BCUT2D eigenvalue weighted by Gasteiger charge is -2.11. The lowest BCUT2D eigenvalue weighted by Crippen LogP contribution is -2.34. The van der Waals surface area contributed by atoms with Gasteiger partial charge in [0, 0.05) is 16.6 Å². The summed E-state index contributed by atoms with van der Waals surface area (Å²) in [7, 11) is 1.25. The van der Waals surface area contributed by atoms with Crippen molar-refractivity contribution in [2.45, 2.75) is 12.3 Å². The van der Waals surface area contributed by atoms with Gasteiger partial charge in [-0.1, -0.05) is 22.0 Å². The fraction of sp³-hybridized carbons (Fsp3) is 0.333. The molecule has 1 unspecified atom stereocenters. The third kappa shape index (κ3) is 3.71. The number of benzene rings is 1. The van der Waals surface area contributed by atoms with Gasteiger partial charge in [-0.15, -0.1) is 11.6 Å². The molecule has 4 nitrogen and oxygen atoms in total. The molecule has 18 heavy (non-hydrogen) atoms. The zero-order chi connectivity index (χ0) is 13.7. The van der Waals surface area contributed by atoms with Crippen LogP contribution in [-0.4, -0.2) is 30.9 Å². The summed E-state index contributed by atoms with van der Waals surface area (Å²) in [4.78, 5) is 23.0. The fourth-order valence-corrected chi connectivity index (χ4v) is 1.87. The number of ether oxygens (including phenoxy) is 1. The van der Waals surface area contributed by atoms with Gasteiger partial charge in [0.05, 0.1) is 7.11 Å². The number of carbonyl (C=O) groups is 2. The zero-order valence-corrected chi connectivity index (χ0v) is 12.3. The zero-order valence-electron chi connectivity index (χ0n) is 10.00. The van der Waals surface area contributed by atoms with Crippen molar-refractivity contribution in [1.29, 1.82) is 0 Å². The summed E-state index contributed by atoms with van der Waals surface area (Å²) in [6.45, 7) is 1.86. The largest absolute Gasteiger partial charge is 0.468 e. The quantitative estimate of drug-likeness (QED) is 0.679. The summed E-state index contributed by atoms with van der Waals surface area (Å²) in [5, 5.41) is 1.71. The summed E-state index contributed by atoms with van der Waals surface area (Å²) in [6.07, 6.45) is 0. The number of esters is 1. The van der Waals surface area contributed by atoms with Gasteiger partial charge in [-0.05, 0) is 24.6 Å². The Bertz CT molecular complexity index is 465. The van der Waals surface area contributed by atoms with Crippen molar-refractivity contribution in [1.82, 2.24) is 5.32 Å². The molecule has 1 aromatic carbocycles. The smallest absolute Gasteiger partial charge is 0.325 e. The van der Waals surface area contributed by atoms with Crippen LogP contribution in [0.2, 0.25) is 0 Å². The lowest BCUT2D eigenvalue weighted by molar-refractivity contribution is -0.140. The molecule has 0 radical (unpaired) electrons. The number of hydrogen-bond donors (Lipinski definition) is 1. The number of rotatable bonds is 4. The van der Waals surface area contributed by atoms with E-state index in [0.29, 0.717) is 5.56 Å². The molecule has 1 rings (SSSR count). The second-order valence-corrected chi connectivity index (χ2v) is 4.99. The number of nitrogens with one attached hydrogen (secondary N) is 1. The number of carbonyl (C=O) groups excluding carboxylic acids is 2. The highest BCUT2D eigenvalue weighted by Crippen LogP contribution is 2.19. The molecule has 0 aromatic heterocycles. The van der Waals surface area contributed by atoms with Gasteiger partial charge in [0.15, 0.2) is 0 Å². The first kappa shape index (κ1) is 15.0. The minimum absolute atomic E-state index is 0.0268. The number of amides is 1. The van der Waals surface area contributed by atoms with Crippen LogP contribution in [0.15, 0.2) is 22.7 Å². The maximum Gasteiger partial charge on any atom is 0.325 e. The molecule has 0 aliphatic rings. The topological polar surface area (TPSA) is 55.4 Å². The van der Waals surface area contributed by atoms with Crippen molar-refractivity contribution in [3.05, 3.63) is 33.8 Å². The van der Waals surface area contributed by atoms with Gasteiger partial charge in [0.1, 0.15) is 5.38 Å². The molecule has 98 valence electrons. The monoisotopic (exact) mass is 333 g/mol. The third-order valence-electron chi connectivity index (χ3n) is 2.41. The Labute approximate surface area is 119 Å². The van der Waals surface area contributed by atoms with Crippen LogP contribution in [0, 0.1) is 6.92 Å². The second kappa shape index (κ2) is 6.75. The summed E-state index contributed by atoms with van der Waals surface area (Å²) in [5.74, 6) is -0.841. The third-order valence-corrected chi connectivity index (χ3v) is 3.60. The van der Waals surface area contributed by atoms with Crippen LogP contribution in [0.25, 0.3) is 0 Å². The van der Waals surface area contributed by atoms with E-state index in [2.05, 4.69) is 26.0 Å². The summed E-state index contributed by atoms with van der Waals surface area (Å²) in [5.41, 5.74) is 1.37.